The molecule has 6 nitrogen and oxygen atoms in total. The van der Waals surface area contributed by atoms with Crippen molar-refractivity contribution in [2.45, 2.75) is 50.2 Å². The monoisotopic (exact) mass is 398 g/mol. The molecule has 2 amide bonds. The predicted molar refractivity (Wildman–Crippen MR) is 102 cm³/mol. The number of hydrogen-bond donors (Lipinski definition) is 1. The Hall–Kier alpha value is -1.60. The topological polar surface area (TPSA) is 83.6 Å². The van der Waals surface area contributed by atoms with Crippen molar-refractivity contribution < 1.29 is 18.0 Å². The van der Waals surface area contributed by atoms with Crippen molar-refractivity contribution >= 4 is 44.6 Å². The second-order valence-electron chi connectivity index (χ2n) is 6.89. The molecule has 0 aromatic heterocycles. The number of carbonyl (C=O) groups excluding carboxylic acids is 2. The smallest absolute Gasteiger partial charge is 0.227 e. The van der Waals surface area contributed by atoms with E-state index < -0.39 is 9.84 Å². The maximum Gasteiger partial charge on any atom is 0.227 e. The quantitative estimate of drug-likeness (QED) is 0.797. The van der Waals surface area contributed by atoms with Gasteiger partial charge >= 0.3 is 0 Å². The number of nitrogens with zero attached hydrogens (tertiary/aromatic N) is 1. The highest BCUT2D eigenvalue weighted by atomic mass is 35.5. The number of nitrogens with one attached hydrogen (secondary N) is 1. The summed E-state index contributed by atoms with van der Waals surface area (Å²) in [6.07, 6.45) is 4.56. The van der Waals surface area contributed by atoms with Gasteiger partial charge in [0.1, 0.15) is 0 Å². The molecular formula is C18H23ClN2O4S. The molecule has 3 rings (SSSR count). The molecule has 1 aromatic rings. The zero-order valence-electron chi connectivity index (χ0n) is 14.5. The van der Waals surface area contributed by atoms with Crippen LogP contribution in [-0.2, 0) is 19.4 Å². The summed E-state index contributed by atoms with van der Waals surface area (Å²) in [5.41, 5.74) is 1.13. The van der Waals surface area contributed by atoms with Gasteiger partial charge in [-0.25, -0.2) is 8.42 Å². The second kappa shape index (κ2) is 7.96. The Balaban J connectivity index is 1.57. The van der Waals surface area contributed by atoms with Gasteiger partial charge in [0.05, 0.1) is 21.7 Å². The van der Waals surface area contributed by atoms with E-state index in [1.54, 1.807) is 23.1 Å². The van der Waals surface area contributed by atoms with E-state index in [0.29, 0.717) is 42.2 Å². The van der Waals surface area contributed by atoms with Gasteiger partial charge in [0, 0.05) is 25.1 Å². The van der Waals surface area contributed by atoms with Crippen molar-refractivity contribution in [2.75, 3.05) is 22.5 Å². The van der Waals surface area contributed by atoms with Gasteiger partial charge in [0.2, 0.25) is 11.8 Å². The lowest BCUT2D eigenvalue weighted by Crippen LogP contribution is -2.25. The van der Waals surface area contributed by atoms with E-state index in [4.69, 9.17) is 11.6 Å². The fraction of sp³-hybridized carbons (Fsp3) is 0.556. The third-order valence-corrected chi connectivity index (χ3v) is 7.58. The number of hydrogen-bond acceptors (Lipinski definition) is 4. The van der Waals surface area contributed by atoms with Crippen molar-refractivity contribution in [3.63, 3.8) is 0 Å². The van der Waals surface area contributed by atoms with E-state index in [0.717, 1.165) is 19.3 Å². The third-order valence-electron chi connectivity index (χ3n) is 5.02. The summed E-state index contributed by atoms with van der Waals surface area (Å²) in [7, 11) is -3.21. The van der Waals surface area contributed by atoms with Crippen molar-refractivity contribution in [3.05, 3.63) is 23.2 Å². The highest BCUT2D eigenvalue weighted by Crippen LogP contribution is 2.32. The molecule has 1 saturated heterocycles. The summed E-state index contributed by atoms with van der Waals surface area (Å²) in [6, 6.07) is 4.97. The normalized spacial score (nSPS) is 18.5. The van der Waals surface area contributed by atoms with Crippen molar-refractivity contribution in [2.24, 2.45) is 0 Å². The van der Waals surface area contributed by atoms with Gasteiger partial charge in [-0.15, -0.1) is 0 Å². The fourth-order valence-electron chi connectivity index (χ4n) is 3.58. The molecule has 8 heteroatoms. The SMILES string of the molecule is O=C(CCS(=O)(=O)C1CCCC1)Nc1ccc(N2CCCC2=O)c(Cl)c1. The van der Waals surface area contributed by atoms with Crippen LogP contribution in [0.3, 0.4) is 0 Å². The van der Waals surface area contributed by atoms with E-state index in [1.165, 1.54) is 0 Å². The Morgan fingerprint density at radius 1 is 1.23 bits per heavy atom. The first-order valence-corrected chi connectivity index (χ1v) is 11.1. The highest BCUT2D eigenvalue weighted by Gasteiger charge is 2.29. The van der Waals surface area contributed by atoms with E-state index >= 15 is 0 Å². The minimum Gasteiger partial charge on any atom is -0.326 e. The molecular weight excluding hydrogens is 376 g/mol. The molecule has 0 spiro atoms. The molecule has 0 atom stereocenters. The Morgan fingerprint density at radius 3 is 2.58 bits per heavy atom. The van der Waals surface area contributed by atoms with E-state index in [9.17, 15) is 18.0 Å². The minimum absolute atomic E-state index is 0.0424. The Kier molecular flexibility index (Phi) is 5.87. The number of anilines is 2. The number of rotatable bonds is 6. The molecule has 1 heterocycles. The number of sulfone groups is 1. The van der Waals surface area contributed by atoms with Gasteiger partial charge < -0.3 is 10.2 Å². The molecule has 1 aromatic carbocycles. The van der Waals surface area contributed by atoms with Gasteiger partial charge in [0.15, 0.2) is 9.84 Å². The van der Waals surface area contributed by atoms with Crippen LogP contribution in [0.15, 0.2) is 18.2 Å². The maximum absolute atomic E-state index is 12.2. The lowest BCUT2D eigenvalue weighted by molar-refractivity contribution is -0.117. The van der Waals surface area contributed by atoms with Gasteiger partial charge in [-0.3, -0.25) is 9.59 Å². The molecule has 142 valence electrons. The number of carbonyl (C=O) groups is 2. The average Bonchev–Trinajstić information content (AvgIpc) is 3.26. The minimum atomic E-state index is -3.21. The van der Waals surface area contributed by atoms with Crippen molar-refractivity contribution in [3.8, 4) is 0 Å². The van der Waals surface area contributed by atoms with E-state index in [-0.39, 0.29) is 29.2 Å². The molecule has 1 N–H and O–H groups in total. The third kappa shape index (κ3) is 4.38. The first-order valence-electron chi connectivity index (χ1n) is 8.98. The zero-order chi connectivity index (χ0) is 18.7. The van der Waals surface area contributed by atoms with Crippen molar-refractivity contribution in [1.82, 2.24) is 0 Å². The molecule has 2 fully saturated rings. The Morgan fingerprint density at radius 2 is 1.96 bits per heavy atom. The van der Waals surface area contributed by atoms with Crippen LogP contribution < -0.4 is 10.2 Å². The standard InChI is InChI=1S/C18H23ClN2O4S/c19-15-12-13(7-8-16(15)21-10-3-6-18(21)23)20-17(22)9-11-26(24,25)14-4-1-2-5-14/h7-8,12,14H,1-6,9-11H2,(H,20,22). The molecule has 0 unspecified atom stereocenters. The Bertz CT molecular complexity index is 803. The molecule has 0 radical (unpaired) electrons. The molecule has 0 bridgehead atoms. The van der Waals surface area contributed by atoms with Crippen LogP contribution in [0.5, 0.6) is 0 Å². The summed E-state index contributed by atoms with van der Waals surface area (Å²) >= 11 is 6.25. The van der Waals surface area contributed by atoms with Crippen LogP contribution in [0.1, 0.15) is 44.9 Å². The average molecular weight is 399 g/mol. The van der Waals surface area contributed by atoms with Crippen LogP contribution >= 0.6 is 11.6 Å². The summed E-state index contributed by atoms with van der Waals surface area (Å²) < 4.78 is 24.5. The predicted octanol–water partition coefficient (Wildman–Crippen LogP) is 3.15. The molecule has 1 aliphatic carbocycles. The summed E-state index contributed by atoms with van der Waals surface area (Å²) in [4.78, 5) is 25.6. The lowest BCUT2D eigenvalue weighted by Gasteiger charge is -2.18. The maximum atomic E-state index is 12.2. The van der Waals surface area contributed by atoms with Crippen LogP contribution in [0.2, 0.25) is 5.02 Å². The van der Waals surface area contributed by atoms with Gasteiger partial charge in [-0.1, -0.05) is 24.4 Å². The number of benzene rings is 1. The summed E-state index contributed by atoms with van der Waals surface area (Å²) in [6.45, 7) is 0.642. The molecule has 26 heavy (non-hydrogen) atoms. The molecule has 1 aliphatic heterocycles. The van der Waals surface area contributed by atoms with E-state index in [1.807, 2.05) is 0 Å². The first-order chi connectivity index (χ1) is 12.4. The van der Waals surface area contributed by atoms with Crippen LogP contribution in [-0.4, -0.2) is 37.8 Å². The Labute approximate surface area is 158 Å². The van der Waals surface area contributed by atoms with Crippen molar-refractivity contribution in [1.29, 1.82) is 0 Å². The molecule has 2 aliphatic rings. The van der Waals surface area contributed by atoms with Crippen LogP contribution in [0.25, 0.3) is 0 Å². The highest BCUT2D eigenvalue weighted by molar-refractivity contribution is 7.92. The largest absolute Gasteiger partial charge is 0.326 e. The van der Waals surface area contributed by atoms with Crippen LogP contribution in [0, 0.1) is 0 Å². The number of halogens is 1. The molecule has 1 saturated carbocycles. The summed E-state index contributed by atoms with van der Waals surface area (Å²) in [5, 5.41) is 2.78. The fourth-order valence-corrected chi connectivity index (χ4v) is 5.72. The van der Waals surface area contributed by atoms with Gasteiger partial charge in [0.25, 0.3) is 0 Å². The second-order valence-corrected chi connectivity index (χ2v) is 9.69. The van der Waals surface area contributed by atoms with Gasteiger partial charge in [-0.05, 0) is 37.5 Å². The summed E-state index contributed by atoms with van der Waals surface area (Å²) in [5.74, 6) is -0.439. The van der Waals surface area contributed by atoms with E-state index in [2.05, 4.69) is 5.32 Å². The zero-order valence-corrected chi connectivity index (χ0v) is 16.1. The number of amides is 2. The lowest BCUT2D eigenvalue weighted by atomic mass is 10.2. The van der Waals surface area contributed by atoms with Crippen LogP contribution in [0.4, 0.5) is 11.4 Å². The first kappa shape index (κ1) is 19.2. The van der Waals surface area contributed by atoms with Gasteiger partial charge in [-0.2, -0.15) is 0 Å².